The number of primary amides is 1. The number of nitrogens with one attached hydrogen (secondary N) is 1. The molecule has 168 valence electrons. The number of benzene rings is 2. The second kappa shape index (κ2) is 10.4. The van der Waals surface area contributed by atoms with Crippen LogP contribution >= 0.6 is 0 Å². The summed E-state index contributed by atoms with van der Waals surface area (Å²) in [5.41, 5.74) is 8.66. The molecule has 1 heterocycles. The van der Waals surface area contributed by atoms with Gasteiger partial charge in [-0.05, 0) is 74.1 Å². The Kier molecular flexibility index (Phi) is 7.20. The van der Waals surface area contributed by atoms with Crippen LogP contribution < -0.4 is 11.1 Å². The summed E-state index contributed by atoms with van der Waals surface area (Å²) < 4.78 is 15.4. The van der Waals surface area contributed by atoms with Crippen molar-refractivity contribution in [2.24, 2.45) is 5.73 Å². The van der Waals surface area contributed by atoms with Gasteiger partial charge in [-0.1, -0.05) is 42.5 Å². The molecule has 0 saturated heterocycles. The molecular weight excluding hydrogens is 403 g/mol. The van der Waals surface area contributed by atoms with Gasteiger partial charge in [0.2, 0.25) is 0 Å². The zero-order valence-electron chi connectivity index (χ0n) is 18.3. The number of rotatable bonds is 4. The predicted octanol–water partition coefficient (Wildman–Crippen LogP) is 5.80. The van der Waals surface area contributed by atoms with E-state index >= 15 is 0 Å². The average Bonchev–Trinajstić information content (AvgIpc) is 3.23. The van der Waals surface area contributed by atoms with Gasteiger partial charge in [-0.15, -0.1) is 0 Å². The monoisotopic (exact) mass is 434 g/mol. The molecule has 2 aliphatic carbocycles. The number of carbonyl (C=O) groups excluding carboxylic acids is 1. The summed E-state index contributed by atoms with van der Waals surface area (Å²) in [6.07, 6.45) is 11.6. The number of amides is 2. The minimum Gasteiger partial charge on any atom is -0.352 e. The van der Waals surface area contributed by atoms with Crippen molar-refractivity contribution in [1.82, 2.24) is 14.9 Å². The Labute approximate surface area is 188 Å². The first-order valence-electron chi connectivity index (χ1n) is 11.5. The van der Waals surface area contributed by atoms with Crippen molar-refractivity contribution in [3.63, 3.8) is 0 Å². The van der Waals surface area contributed by atoms with Crippen LogP contribution in [0.2, 0.25) is 0 Å². The number of halogens is 1. The highest BCUT2D eigenvalue weighted by molar-refractivity contribution is 5.71. The first kappa shape index (κ1) is 22.1. The summed E-state index contributed by atoms with van der Waals surface area (Å²) in [7, 11) is 0. The van der Waals surface area contributed by atoms with Crippen LogP contribution in [0.4, 0.5) is 9.18 Å². The number of urea groups is 1. The van der Waals surface area contributed by atoms with Gasteiger partial charge in [-0.2, -0.15) is 0 Å². The molecule has 3 N–H and O–H groups in total. The number of nitrogens with zero attached hydrogens (tertiary/aromatic N) is 2. The summed E-state index contributed by atoms with van der Waals surface area (Å²) in [5, 5.41) is 2.73. The van der Waals surface area contributed by atoms with Crippen molar-refractivity contribution < 1.29 is 9.18 Å². The van der Waals surface area contributed by atoms with E-state index in [1.165, 1.54) is 36.6 Å². The fraction of sp³-hybridized carbons (Fsp3) is 0.385. The fourth-order valence-corrected chi connectivity index (χ4v) is 4.63. The molecule has 2 aliphatic rings. The van der Waals surface area contributed by atoms with Crippen LogP contribution in [0.5, 0.6) is 0 Å². The predicted molar refractivity (Wildman–Crippen MR) is 125 cm³/mol. The maximum absolute atomic E-state index is 13.1. The van der Waals surface area contributed by atoms with Gasteiger partial charge in [0.15, 0.2) is 0 Å². The molecule has 0 bridgehead atoms. The molecule has 0 unspecified atom stereocenters. The van der Waals surface area contributed by atoms with Crippen molar-refractivity contribution in [2.75, 3.05) is 0 Å². The number of nitrogens with two attached hydrogens (primary N) is 1. The average molecular weight is 435 g/mol. The normalized spacial score (nSPS) is 20.5. The molecule has 0 aliphatic heterocycles. The van der Waals surface area contributed by atoms with Gasteiger partial charge < -0.3 is 15.6 Å². The molecule has 32 heavy (non-hydrogen) atoms. The van der Waals surface area contributed by atoms with E-state index < -0.39 is 6.03 Å². The lowest BCUT2D eigenvalue weighted by Crippen LogP contribution is -2.40. The summed E-state index contributed by atoms with van der Waals surface area (Å²) in [4.78, 5) is 15.0. The van der Waals surface area contributed by atoms with Gasteiger partial charge in [0, 0.05) is 12.1 Å². The zero-order valence-corrected chi connectivity index (χ0v) is 18.3. The first-order chi connectivity index (χ1) is 15.6. The Hall–Kier alpha value is -3.15. The molecule has 2 fully saturated rings. The van der Waals surface area contributed by atoms with E-state index in [-0.39, 0.29) is 11.9 Å². The lowest BCUT2D eigenvalue weighted by molar-refractivity contribution is 0.239. The van der Waals surface area contributed by atoms with Crippen LogP contribution in [0.15, 0.2) is 67.1 Å². The van der Waals surface area contributed by atoms with E-state index in [4.69, 9.17) is 5.73 Å². The molecule has 0 spiro atoms. The molecule has 2 amide bonds. The molecule has 5 rings (SSSR count). The summed E-state index contributed by atoms with van der Waals surface area (Å²) in [5.74, 6) is 0.219. The molecule has 5 nitrogen and oxygen atoms in total. The Morgan fingerprint density at radius 2 is 1.75 bits per heavy atom. The number of aromatic nitrogens is 2. The van der Waals surface area contributed by atoms with Gasteiger partial charge in [-0.3, -0.25) is 0 Å². The third-order valence-electron chi connectivity index (χ3n) is 6.60. The van der Waals surface area contributed by atoms with Crippen LogP contribution in [-0.4, -0.2) is 21.6 Å². The van der Waals surface area contributed by atoms with E-state index in [9.17, 15) is 9.18 Å². The minimum atomic E-state index is -0.459. The van der Waals surface area contributed by atoms with E-state index in [0.717, 1.165) is 31.2 Å². The van der Waals surface area contributed by atoms with Crippen LogP contribution in [0.25, 0.3) is 11.3 Å². The summed E-state index contributed by atoms with van der Waals surface area (Å²) in [6, 6.07) is 17.7. The van der Waals surface area contributed by atoms with Gasteiger partial charge in [-0.25, -0.2) is 14.2 Å². The Balaban J connectivity index is 0.000000154. The smallest absolute Gasteiger partial charge is 0.312 e. The standard InChI is InChI=1S/C13H17FN2O.C13H14N2/c14-11-3-1-2-10(8-11)9-4-6-12(7-5-9)16-13(15)17;1-2-5-11(6-3-1)13-9-14-10-15(13)12-7-4-8-12/h1-3,8-9,12H,4-7H2,(H3,15,16,17);1-3,5-6,9-10,12H,4,7-8H2. The molecule has 6 heteroatoms. The second-order valence-corrected chi connectivity index (χ2v) is 8.75. The fourth-order valence-electron chi connectivity index (χ4n) is 4.63. The van der Waals surface area contributed by atoms with E-state index in [1.54, 1.807) is 12.1 Å². The second-order valence-electron chi connectivity index (χ2n) is 8.75. The molecule has 0 radical (unpaired) electrons. The molecule has 2 saturated carbocycles. The maximum Gasteiger partial charge on any atom is 0.312 e. The minimum absolute atomic E-state index is 0.178. The number of carbonyl (C=O) groups is 1. The Bertz CT molecular complexity index is 1010. The van der Waals surface area contributed by atoms with Crippen molar-refractivity contribution in [3.05, 3.63) is 78.5 Å². The topological polar surface area (TPSA) is 72.9 Å². The lowest BCUT2D eigenvalue weighted by atomic mass is 9.82. The summed E-state index contributed by atoms with van der Waals surface area (Å²) >= 11 is 0. The van der Waals surface area contributed by atoms with Gasteiger partial charge in [0.1, 0.15) is 5.82 Å². The Morgan fingerprint density at radius 1 is 1.00 bits per heavy atom. The van der Waals surface area contributed by atoms with Gasteiger partial charge in [0.25, 0.3) is 0 Å². The quantitative estimate of drug-likeness (QED) is 0.545. The van der Waals surface area contributed by atoms with Crippen molar-refractivity contribution in [3.8, 4) is 11.3 Å². The number of hydrogen-bond acceptors (Lipinski definition) is 2. The van der Waals surface area contributed by atoms with Crippen molar-refractivity contribution >= 4 is 6.03 Å². The van der Waals surface area contributed by atoms with Gasteiger partial charge in [0.05, 0.1) is 18.2 Å². The van der Waals surface area contributed by atoms with Crippen LogP contribution in [0.3, 0.4) is 0 Å². The van der Waals surface area contributed by atoms with E-state index in [0.29, 0.717) is 12.0 Å². The number of hydrogen-bond donors (Lipinski definition) is 2. The van der Waals surface area contributed by atoms with Crippen molar-refractivity contribution in [1.29, 1.82) is 0 Å². The van der Waals surface area contributed by atoms with E-state index in [2.05, 4.69) is 39.1 Å². The van der Waals surface area contributed by atoms with Crippen LogP contribution in [-0.2, 0) is 0 Å². The summed E-state index contributed by atoms with van der Waals surface area (Å²) in [6.45, 7) is 0. The molecular formula is C26H31FN4O. The van der Waals surface area contributed by atoms with Crippen LogP contribution in [0.1, 0.15) is 62.5 Å². The highest BCUT2D eigenvalue weighted by Crippen LogP contribution is 2.35. The Morgan fingerprint density at radius 3 is 2.38 bits per heavy atom. The van der Waals surface area contributed by atoms with Crippen LogP contribution in [0, 0.1) is 5.82 Å². The highest BCUT2D eigenvalue weighted by atomic mass is 19.1. The molecule has 1 aromatic heterocycles. The molecule has 2 aromatic carbocycles. The van der Waals surface area contributed by atoms with Gasteiger partial charge >= 0.3 is 6.03 Å². The van der Waals surface area contributed by atoms with E-state index in [1.807, 2.05) is 24.7 Å². The SMILES string of the molecule is NC(=O)NC1CCC(c2cccc(F)c2)CC1.c1ccc(-c2cncn2C2CCC2)cc1. The number of imidazole rings is 1. The van der Waals surface area contributed by atoms with Crippen molar-refractivity contribution in [2.45, 2.75) is 62.9 Å². The third kappa shape index (κ3) is 5.55. The molecule has 0 atom stereocenters. The molecule has 3 aromatic rings. The highest BCUT2D eigenvalue weighted by Gasteiger charge is 2.23. The largest absolute Gasteiger partial charge is 0.352 e. The lowest BCUT2D eigenvalue weighted by Gasteiger charge is -2.28. The zero-order chi connectivity index (χ0) is 22.3. The third-order valence-corrected chi connectivity index (χ3v) is 6.60. The first-order valence-corrected chi connectivity index (χ1v) is 11.5. The maximum atomic E-state index is 13.1.